The molecule has 12 heavy (non-hydrogen) atoms. The summed E-state index contributed by atoms with van der Waals surface area (Å²) in [7, 11) is 0. The Morgan fingerprint density at radius 2 is 1.92 bits per heavy atom. The van der Waals surface area contributed by atoms with Gasteiger partial charge in [0, 0.05) is 11.5 Å². The van der Waals surface area contributed by atoms with Crippen LogP contribution in [0.4, 0.5) is 0 Å². The van der Waals surface area contributed by atoms with Crippen LogP contribution < -0.4 is 0 Å². The van der Waals surface area contributed by atoms with E-state index in [4.69, 9.17) is 0 Å². The third kappa shape index (κ3) is 2.80. The summed E-state index contributed by atoms with van der Waals surface area (Å²) in [6.07, 6.45) is 1.04. The average Bonchev–Trinajstić information content (AvgIpc) is 2.16. The van der Waals surface area contributed by atoms with Gasteiger partial charge in [0.15, 0.2) is 0 Å². The first-order valence-electron chi connectivity index (χ1n) is 4.22. The van der Waals surface area contributed by atoms with Gasteiger partial charge in [-0.3, -0.25) is 0 Å². The molecule has 1 aromatic carbocycles. The zero-order valence-corrected chi connectivity index (χ0v) is 7.59. The molecule has 0 saturated carbocycles. The van der Waals surface area contributed by atoms with Gasteiger partial charge in [-0.05, 0) is 25.5 Å². The van der Waals surface area contributed by atoms with E-state index in [2.05, 4.69) is 25.7 Å². The summed E-state index contributed by atoms with van der Waals surface area (Å²) in [5, 5.41) is 0. The van der Waals surface area contributed by atoms with Crippen molar-refractivity contribution in [1.82, 2.24) is 0 Å². The minimum Gasteiger partial charge on any atom is -0.0898 e. The second-order valence-corrected chi connectivity index (χ2v) is 2.75. The standard InChI is InChI=1S/C12H13/c1-3-11(2)9-10-12-7-5-4-6-8-12/h4-8H,3H2,1-2H3. The van der Waals surface area contributed by atoms with Gasteiger partial charge in [-0.1, -0.05) is 37.0 Å². The summed E-state index contributed by atoms with van der Waals surface area (Å²) in [6, 6.07) is 10.1. The Morgan fingerprint density at radius 3 is 2.50 bits per heavy atom. The Morgan fingerprint density at radius 1 is 1.25 bits per heavy atom. The second-order valence-electron chi connectivity index (χ2n) is 2.75. The molecule has 1 radical (unpaired) electrons. The number of benzene rings is 1. The van der Waals surface area contributed by atoms with E-state index >= 15 is 0 Å². The SMILES string of the molecule is CC[C](C)C#Cc1ccccc1. The predicted molar refractivity (Wildman–Crippen MR) is 52.5 cm³/mol. The van der Waals surface area contributed by atoms with E-state index in [-0.39, 0.29) is 0 Å². The van der Waals surface area contributed by atoms with E-state index in [0.29, 0.717) is 0 Å². The van der Waals surface area contributed by atoms with E-state index in [1.54, 1.807) is 0 Å². The summed E-state index contributed by atoms with van der Waals surface area (Å²) < 4.78 is 0. The van der Waals surface area contributed by atoms with E-state index < -0.39 is 0 Å². The highest BCUT2D eigenvalue weighted by molar-refractivity contribution is 5.37. The molecule has 61 valence electrons. The molecule has 1 aromatic rings. The average molecular weight is 157 g/mol. The highest BCUT2D eigenvalue weighted by Crippen LogP contribution is 2.01. The third-order valence-corrected chi connectivity index (χ3v) is 1.72. The fraction of sp³-hybridized carbons (Fsp3) is 0.250. The van der Waals surface area contributed by atoms with Crippen LogP contribution in [0.3, 0.4) is 0 Å². The molecule has 0 unspecified atom stereocenters. The van der Waals surface area contributed by atoms with E-state index in [1.165, 1.54) is 5.92 Å². The lowest BCUT2D eigenvalue weighted by Crippen LogP contribution is -1.82. The van der Waals surface area contributed by atoms with Gasteiger partial charge in [0.05, 0.1) is 0 Å². The summed E-state index contributed by atoms with van der Waals surface area (Å²) in [5.74, 6) is 7.46. The largest absolute Gasteiger partial charge is 0.0898 e. The molecular weight excluding hydrogens is 144 g/mol. The van der Waals surface area contributed by atoms with Crippen LogP contribution in [0.2, 0.25) is 0 Å². The fourth-order valence-corrected chi connectivity index (χ4v) is 0.789. The topological polar surface area (TPSA) is 0 Å². The number of hydrogen-bond acceptors (Lipinski definition) is 0. The molecule has 0 aliphatic carbocycles. The monoisotopic (exact) mass is 157 g/mol. The molecule has 0 amide bonds. The molecule has 0 atom stereocenters. The molecule has 0 heteroatoms. The molecule has 0 bridgehead atoms. The van der Waals surface area contributed by atoms with Crippen molar-refractivity contribution in [1.29, 1.82) is 0 Å². The maximum absolute atomic E-state index is 3.12. The summed E-state index contributed by atoms with van der Waals surface area (Å²) in [6.45, 7) is 4.19. The molecular formula is C12H13. The van der Waals surface area contributed by atoms with Crippen molar-refractivity contribution in [2.75, 3.05) is 0 Å². The molecule has 0 aliphatic rings. The maximum atomic E-state index is 3.12. The van der Waals surface area contributed by atoms with Crippen LogP contribution >= 0.6 is 0 Å². The molecule has 0 fully saturated rings. The Balaban J connectivity index is 2.67. The maximum Gasteiger partial charge on any atom is 0.0450 e. The van der Waals surface area contributed by atoms with Gasteiger partial charge in [0.2, 0.25) is 0 Å². The first kappa shape index (κ1) is 8.87. The fourth-order valence-electron chi connectivity index (χ4n) is 0.789. The lowest BCUT2D eigenvalue weighted by Gasteiger charge is -1.93. The van der Waals surface area contributed by atoms with Gasteiger partial charge in [0.25, 0.3) is 0 Å². The van der Waals surface area contributed by atoms with Crippen LogP contribution in [0.25, 0.3) is 0 Å². The minimum atomic E-state index is 1.04. The van der Waals surface area contributed by atoms with Crippen LogP contribution in [0.5, 0.6) is 0 Å². The lowest BCUT2D eigenvalue weighted by molar-refractivity contribution is 1.01. The van der Waals surface area contributed by atoms with Crippen molar-refractivity contribution in [3.8, 4) is 11.8 Å². The molecule has 0 spiro atoms. The van der Waals surface area contributed by atoms with Crippen molar-refractivity contribution in [2.45, 2.75) is 20.3 Å². The number of hydrogen-bond donors (Lipinski definition) is 0. The Labute approximate surface area is 74.6 Å². The summed E-state index contributed by atoms with van der Waals surface area (Å²) in [4.78, 5) is 0. The summed E-state index contributed by atoms with van der Waals surface area (Å²) in [5.41, 5.74) is 1.09. The zero-order valence-electron chi connectivity index (χ0n) is 7.59. The normalized spacial score (nSPS) is 9.25. The summed E-state index contributed by atoms with van der Waals surface area (Å²) >= 11 is 0. The van der Waals surface area contributed by atoms with Crippen LogP contribution in [0, 0.1) is 17.8 Å². The van der Waals surface area contributed by atoms with Crippen LogP contribution in [-0.2, 0) is 0 Å². The minimum absolute atomic E-state index is 1.04. The van der Waals surface area contributed by atoms with Gasteiger partial charge in [-0.15, -0.1) is 0 Å². The first-order chi connectivity index (χ1) is 5.83. The highest BCUT2D eigenvalue weighted by atomic mass is 13.9. The van der Waals surface area contributed by atoms with Crippen LogP contribution in [0.1, 0.15) is 25.8 Å². The van der Waals surface area contributed by atoms with Crippen molar-refractivity contribution in [3.63, 3.8) is 0 Å². The predicted octanol–water partition coefficient (Wildman–Crippen LogP) is 3.04. The van der Waals surface area contributed by atoms with Crippen molar-refractivity contribution in [2.24, 2.45) is 0 Å². The molecule has 0 N–H and O–H groups in total. The number of rotatable bonds is 1. The Bertz CT molecular complexity index is 274. The van der Waals surface area contributed by atoms with Gasteiger partial charge in [-0.2, -0.15) is 0 Å². The van der Waals surface area contributed by atoms with Gasteiger partial charge >= 0.3 is 0 Å². The van der Waals surface area contributed by atoms with E-state index in [1.807, 2.05) is 30.3 Å². The highest BCUT2D eigenvalue weighted by Gasteiger charge is 1.90. The van der Waals surface area contributed by atoms with Gasteiger partial charge < -0.3 is 0 Å². The Kier molecular flexibility index (Phi) is 3.41. The molecule has 0 saturated heterocycles. The van der Waals surface area contributed by atoms with E-state index in [0.717, 1.165) is 12.0 Å². The second kappa shape index (κ2) is 4.62. The van der Waals surface area contributed by atoms with Crippen LogP contribution in [-0.4, -0.2) is 0 Å². The molecule has 0 heterocycles. The molecule has 0 aliphatic heterocycles. The third-order valence-electron chi connectivity index (χ3n) is 1.72. The molecule has 0 aromatic heterocycles. The molecule has 0 nitrogen and oxygen atoms in total. The molecule has 1 rings (SSSR count). The smallest absolute Gasteiger partial charge is 0.0450 e. The lowest BCUT2D eigenvalue weighted by atomic mass is 10.1. The van der Waals surface area contributed by atoms with E-state index in [9.17, 15) is 0 Å². The Hall–Kier alpha value is -1.22. The van der Waals surface area contributed by atoms with Crippen molar-refractivity contribution in [3.05, 3.63) is 41.8 Å². The zero-order chi connectivity index (χ0) is 8.81. The van der Waals surface area contributed by atoms with Gasteiger partial charge in [-0.25, -0.2) is 0 Å². The van der Waals surface area contributed by atoms with Gasteiger partial charge in [0.1, 0.15) is 0 Å². The van der Waals surface area contributed by atoms with Crippen molar-refractivity contribution < 1.29 is 0 Å². The van der Waals surface area contributed by atoms with Crippen LogP contribution in [0.15, 0.2) is 30.3 Å². The quantitative estimate of drug-likeness (QED) is 0.550. The first-order valence-corrected chi connectivity index (χ1v) is 4.22. The van der Waals surface area contributed by atoms with Crippen molar-refractivity contribution >= 4 is 0 Å².